The molecule has 0 saturated carbocycles. The van der Waals surface area contributed by atoms with Gasteiger partial charge in [-0.05, 0) is 37.6 Å². The molecule has 2 aromatic carbocycles. The molecule has 1 amide bonds. The second kappa shape index (κ2) is 10.2. The first-order chi connectivity index (χ1) is 14.1. The first-order valence-corrected chi connectivity index (χ1v) is 10.7. The van der Waals surface area contributed by atoms with Gasteiger partial charge in [-0.2, -0.15) is 0 Å². The highest BCUT2D eigenvalue weighted by Crippen LogP contribution is 2.31. The average Bonchev–Trinajstić information content (AvgIpc) is 3.08. The number of ether oxygens (including phenoxy) is 1. The van der Waals surface area contributed by atoms with Crippen LogP contribution in [-0.4, -0.2) is 17.5 Å². The molecule has 4 nitrogen and oxygen atoms in total. The Morgan fingerprint density at radius 1 is 1.21 bits per heavy atom. The number of benzene rings is 2. The summed E-state index contributed by atoms with van der Waals surface area (Å²) >= 11 is 7.40. The average molecular weight is 427 g/mol. The molecule has 0 bridgehead atoms. The van der Waals surface area contributed by atoms with E-state index in [9.17, 15) is 4.79 Å². The van der Waals surface area contributed by atoms with Crippen LogP contribution in [0.2, 0.25) is 5.02 Å². The maximum absolute atomic E-state index is 12.4. The minimum atomic E-state index is -0.232. The Morgan fingerprint density at radius 2 is 1.97 bits per heavy atom. The highest BCUT2D eigenvalue weighted by molar-refractivity contribution is 7.16. The lowest BCUT2D eigenvalue weighted by atomic mass is 10.1. The zero-order valence-corrected chi connectivity index (χ0v) is 18.0. The minimum absolute atomic E-state index is 0.232. The molecular weight excluding hydrogens is 404 g/mol. The number of amides is 1. The SMILES string of the molecule is CCCCOc1ccccc1C=CC(=O)Nc1nc(-c2ccc(Cl)cc2)c(C)s1. The molecule has 0 radical (unpaired) electrons. The number of unbranched alkanes of at least 4 members (excludes halogenated alkanes) is 1. The summed E-state index contributed by atoms with van der Waals surface area (Å²) < 4.78 is 5.80. The third-order valence-corrected chi connectivity index (χ3v) is 5.37. The van der Waals surface area contributed by atoms with Crippen LogP contribution in [0.25, 0.3) is 17.3 Å². The number of aromatic nitrogens is 1. The fraction of sp³-hybridized carbons (Fsp3) is 0.217. The summed E-state index contributed by atoms with van der Waals surface area (Å²) in [5.41, 5.74) is 2.69. The summed E-state index contributed by atoms with van der Waals surface area (Å²) in [5, 5.41) is 4.09. The molecular formula is C23H23ClN2O2S. The Morgan fingerprint density at radius 3 is 2.72 bits per heavy atom. The second-order valence-corrected chi connectivity index (χ2v) is 8.13. The van der Waals surface area contributed by atoms with E-state index in [1.54, 1.807) is 6.08 Å². The Hall–Kier alpha value is -2.63. The van der Waals surface area contributed by atoms with Crippen molar-refractivity contribution in [2.45, 2.75) is 26.7 Å². The van der Waals surface area contributed by atoms with Crippen LogP contribution in [0.5, 0.6) is 5.75 Å². The molecule has 0 unspecified atom stereocenters. The van der Waals surface area contributed by atoms with E-state index >= 15 is 0 Å². The van der Waals surface area contributed by atoms with E-state index in [1.807, 2.05) is 55.5 Å². The molecule has 0 atom stereocenters. The number of hydrogen-bond donors (Lipinski definition) is 1. The van der Waals surface area contributed by atoms with Crippen molar-refractivity contribution in [3.8, 4) is 17.0 Å². The fourth-order valence-corrected chi connectivity index (χ4v) is 3.68. The number of carbonyl (C=O) groups is 1. The van der Waals surface area contributed by atoms with Gasteiger partial charge >= 0.3 is 0 Å². The monoisotopic (exact) mass is 426 g/mol. The molecule has 0 spiro atoms. The Kier molecular flexibility index (Phi) is 7.44. The third-order valence-electron chi connectivity index (χ3n) is 4.23. The van der Waals surface area contributed by atoms with Crippen molar-refractivity contribution < 1.29 is 9.53 Å². The van der Waals surface area contributed by atoms with Crippen LogP contribution in [0.3, 0.4) is 0 Å². The number of nitrogens with one attached hydrogen (secondary N) is 1. The van der Waals surface area contributed by atoms with Crippen molar-refractivity contribution >= 4 is 40.1 Å². The molecule has 3 rings (SSSR count). The molecule has 29 heavy (non-hydrogen) atoms. The summed E-state index contributed by atoms with van der Waals surface area (Å²) in [5.74, 6) is 0.546. The van der Waals surface area contributed by atoms with Crippen LogP contribution in [0.4, 0.5) is 5.13 Å². The van der Waals surface area contributed by atoms with Gasteiger partial charge in [0.2, 0.25) is 5.91 Å². The minimum Gasteiger partial charge on any atom is -0.493 e. The van der Waals surface area contributed by atoms with Gasteiger partial charge in [0.25, 0.3) is 0 Å². The second-order valence-electron chi connectivity index (χ2n) is 6.49. The van der Waals surface area contributed by atoms with Crippen molar-refractivity contribution in [1.29, 1.82) is 0 Å². The Balaban J connectivity index is 1.67. The van der Waals surface area contributed by atoms with E-state index in [2.05, 4.69) is 17.2 Å². The predicted octanol–water partition coefficient (Wildman–Crippen LogP) is 6.60. The number of anilines is 1. The molecule has 0 aliphatic carbocycles. The van der Waals surface area contributed by atoms with Crippen molar-refractivity contribution in [2.24, 2.45) is 0 Å². The summed E-state index contributed by atoms with van der Waals surface area (Å²) in [6.45, 7) is 4.77. The van der Waals surface area contributed by atoms with Crippen LogP contribution in [0, 0.1) is 6.92 Å². The number of carbonyl (C=O) groups excluding carboxylic acids is 1. The molecule has 3 aromatic rings. The standard InChI is InChI=1S/C23H23ClN2O2S/c1-3-4-15-28-20-8-6-5-7-17(20)11-14-21(27)25-23-26-22(16(2)29-23)18-9-12-19(24)13-10-18/h5-14H,3-4,15H2,1-2H3,(H,25,26,27). The van der Waals surface area contributed by atoms with Crippen molar-refractivity contribution in [2.75, 3.05) is 11.9 Å². The van der Waals surface area contributed by atoms with Crippen molar-refractivity contribution in [3.63, 3.8) is 0 Å². The molecule has 1 heterocycles. The molecule has 1 aromatic heterocycles. The summed E-state index contributed by atoms with van der Waals surface area (Å²) in [4.78, 5) is 18.0. The van der Waals surface area contributed by atoms with Crippen molar-refractivity contribution in [1.82, 2.24) is 4.98 Å². The lowest BCUT2D eigenvalue weighted by Crippen LogP contribution is -2.07. The van der Waals surface area contributed by atoms with E-state index in [0.717, 1.165) is 40.3 Å². The molecule has 6 heteroatoms. The Bertz CT molecular complexity index is 996. The molecule has 0 aliphatic heterocycles. The van der Waals surface area contributed by atoms with Gasteiger partial charge in [-0.25, -0.2) is 4.98 Å². The quantitative estimate of drug-likeness (QED) is 0.326. The number of nitrogens with zero attached hydrogens (tertiary/aromatic N) is 1. The summed E-state index contributed by atoms with van der Waals surface area (Å²) in [6.07, 6.45) is 5.33. The smallest absolute Gasteiger partial charge is 0.250 e. The van der Waals surface area contributed by atoms with Gasteiger partial charge in [0.1, 0.15) is 5.75 Å². The third kappa shape index (κ3) is 5.92. The van der Waals surface area contributed by atoms with Gasteiger partial charge in [0.05, 0.1) is 12.3 Å². The molecule has 1 N–H and O–H groups in total. The Labute approximate surface area is 180 Å². The molecule has 0 fully saturated rings. The first-order valence-electron chi connectivity index (χ1n) is 9.51. The molecule has 150 valence electrons. The van der Waals surface area contributed by atoms with Crippen molar-refractivity contribution in [3.05, 3.63) is 70.1 Å². The van der Waals surface area contributed by atoms with E-state index in [-0.39, 0.29) is 5.91 Å². The van der Waals surface area contributed by atoms with Crippen LogP contribution in [0.1, 0.15) is 30.2 Å². The van der Waals surface area contributed by atoms with E-state index < -0.39 is 0 Å². The highest BCUT2D eigenvalue weighted by Gasteiger charge is 2.11. The largest absolute Gasteiger partial charge is 0.493 e. The van der Waals surface area contributed by atoms with Crippen LogP contribution < -0.4 is 10.1 Å². The number of aryl methyl sites for hydroxylation is 1. The highest BCUT2D eigenvalue weighted by atomic mass is 35.5. The predicted molar refractivity (Wildman–Crippen MR) is 122 cm³/mol. The number of halogens is 1. The number of para-hydroxylation sites is 1. The van der Waals surface area contributed by atoms with Gasteiger partial charge in [-0.15, -0.1) is 11.3 Å². The molecule has 0 saturated heterocycles. The lowest BCUT2D eigenvalue weighted by Gasteiger charge is -2.08. The zero-order valence-electron chi connectivity index (χ0n) is 16.4. The van der Waals surface area contributed by atoms with Crippen LogP contribution in [0.15, 0.2) is 54.6 Å². The lowest BCUT2D eigenvalue weighted by molar-refractivity contribution is -0.111. The van der Waals surface area contributed by atoms with Crippen LogP contribution in [-0.2, 0) is 4.79 Å². The van der Waals surface area contributed by atoms with E-state index in [1.165, 1.54) is 17.4 Å². The van der Waals surface area contributed by atoms with Gasteiger partial charge in [-0.3, -0.25) is 10.1 Å². The normalized spacial score (nSPS) is 11.0. The number of thiazole rings is 1. The zero-order chi connectivity index (χ0) is 20.6. The fourth-order valence-electron chi connectivity index (χ4n) is 2.71. The van der Waals surface area contributed by atoms with Gasteiger partial charge in [-0.1, -0.05) is 55.3 Å². The maximum atomic E-state index is 12.4. The van der Waals surface area contributed by atoms with Gasteiger partial charge < -0.3 is 4.74 Å². The molecule has 0 aliphatic rings. The topological polar surface area (TPSA) is 51.2 Å². The summed E-state index contributed by atoms with van der Waals surface area (Å²) in [6, 6.07) is 15.2. The summed E-state index contributed by atoms with van der Waals surface area (Å²) in [7, 11) is 0. The van der Waals surface area contributed by atoms with E-state index in [0.29, 0.717) is 16.8 Å². The first kappa shape index (κ1) is 21.1. The van der Waals surface area contributed by atoms with Gasteiger partial charge in [0.15, 0.2) is 5.13 Å². The maximum Gasteiger partial charge on any atom is 0.250 e. The van der Waals surface area contributed by atoms with E-state index in [4.69, 9.17) is 16.3 Å². The number of hydrogen-bond acceptors (Lipinski definition) is 4. The van der Waals surface area contributed by atoms with Crippen LogP contribution >= 0.6 is 22.9 Å². The number of rotatable bonds is 8. The van der Waals surface area contributed by atoms with Gasteiger partial charge in [0, 0.05) is 27.1 Å².